The predicted octanol–water partition coefficient (Wildman–Crippen LogP) is 3.69. The SMILES string of the molecule is CC(C(=O)O)N(C)C(=O)Nc1ccc(Br)c(Cl)c1Cl. The van der Waals surface area contributed by atoms with Crippen molar-refractivity contribution in [1.29, 1.82) is 0 Å². The molecule has 5 nitrogen and oxygen atoms in total. The van der Waals surface area contributed by atoms with Crippen molar-refractivity contribution >= 4 is 56.8 Å². The summed E-state index contributed by atoms with van der Waals surface area (Å²) in [6.45, 7) is 1.40. The number of nitrogens with one attached hydrogen (secondary N) is 1. The molecule has 0 radical (unpaired) electrons. The zero-order valence-electron chi connectivity index (χ0n) is 10.1. The zero-order chi connectivity index (χ0) is 14.7. The summed E-state index contributed by atoms with van der Waals surface area (Å²) in [6.07, 6.45) is 0. The Hall–Kier alpha value is -0.980. The maximum absolute atomic E-state index is 11.8. The van der Waals surface area contributed by atoms with Crippen molar-refractivity contribution in [3.05, 3.63) is 26.7 Å². The van der Waals surface area contributed by atoms with Gasteiger partial charge in [0, 0.05) is 11.5 Å². The van der Waals surface area contributed by atoms with Crippen LogP contribution in [0.2, 0.25) is 10.0 Å². The van der Waals surface area contributed by atoms with Crippen LogP contribution in [0.15, 0.2) is 16.6 Å². The molecule has 0 aliphatic carbocycles. The van der Waals surface area contributed by atoms with E-state index in [0.717, 1.165) is 4.90 Å². The largest absolute Gasteiger partial charge is 0.480 e. The van der Waals surface area contributed by atoms with Gasteiger partial charge in [-0.15, -0.1) is 0 Å². The minimum absolute atomic E-state index is 0.181. The molecule has 0 saturated carbocycles. The molecule has 8 heteroatoms. The van der Waals surface area contributed by atoms with Crippen molar-refractivity contribution < 1.29 is 14.7 Å². The van der Waals surface area contributed by atoms with E-state index in [9.17, 15) is 9.59 Å². The van der Waals surface area contributed by atoms with Crippen LogP contribution in [0, 0.1) is 0 Å². The maximum atomic E-state index is 11.8. The number of halogens is 3. The summed E-state index contributed by atoms with van der Waals surface area (Å²) >= 11 is 15.1. The second-order valence-corrected chi connectivity index (χ2v) is 5.39. The number of carbonyl (C=O) groups is 2. The number of urea groups is 1. The van der Waals surface area contributed by atoms with Gasteiger partial charge < -0.3 is 15.3 Å². The average molecular weight is 370 g/mol. The van der Waals surface area contributed by atoms with Gasteiger partial charge in [-0.2, -0.15) is 0 Å². The summed E-state index contributed by atoms with van der Waals surface area (Å²) in [5, 5.41) is 11.8. The normalized spacial score (nSPS) is 11.8. The Morgan fingerprint density at radius 1 is 1.37 bits per heavy atom. The van der Waals surface area contributed by atoms with Crippen molar-refractivity contribution in [2.75, 3.05) is 12.4 Å². The molecule has 19 heavy (non-hydrogen) atoms. The predicted molar refractivity (Wildman–Crippen MR) is 78.0 cm³/mol. The lowest BCUT2D eigenvalue weighted by molar-refractivity contribution is -0.141. The molecular weight excluding hydrogens is 359 g/mol. The average Bonchev–Trinajstić information content (AvgIpc) is 2.37. The Morgan fingerprint density at radius 3 is 2.47 bits per heavy atom. The molecule has 0 fully saturated rings. The Labute approximate surface area is 128 Å². The number of amides is 2. The summed E-state index contributed by atoms with van der Waals surface area (Å²) in [4.78, 5) is 23.7. The number of carboxylic acids is 1. The van der Waals surface area contributed by atoms with Gasteiger partial charge in [-0.25, -0.2) is 9.59 Å². The number of likely N-dealkylation sites (N-methyl/N-ethyl adjacent to an activating group) is 1. The number of benzene rings is 1. The molecule has 1 atom stereocenters. The van der Waals surface area contributed by atoms with Gasteiger partial charge in [0.25, 0.3) is 0 Å². The number of carboxylic acid groups (broad SMARTS) is 1. The van der Waals surface area contributed by atoms with Crippen LogP contribution in [0.25, 0.3) is 0 Å². The molecule has 0 bridgehead atoms. The molecule has 0 aromatic heterocycles. The molecule has 1 aromatic rings. The topological polar surface area (TPSA) is 69.6 Å². The van der Waals surface area contributed by atoms with E-state index in [-0.39, 0.29) is 10.0 Å². The Morgan fingerprint density at radius 2 is 1.95 bits per heavy atom. The summed E-state index contributed by atoms with van der Waals surface area (Å²) in [7, 11) is 1.38. The minimum Gasteiger partial charge on any atom is -0.480 e. The quantitative estimate of drug-likeness (QED) is 0.798. The van der Waals surface area contributed by atoms with Gasteiger partial charge in [0.15, 0.2) is 0 Å². The smallest absolute Gasteiger partial charge is 0.326 e. The summed E-state index contributed by atoms with van der Waals surface area (Å²) < 4.78 is 0.601. The first kappa shape index (κ1) is 16.1. The van der Waals surface area contributed by atoms with E-state index in [1.807, 2.05) is 0 Å². The monoisotopic (exact) mass is 368 g/mol. The molecule has 0 spiro atoms. The molecule has 2 amide bonds. The van der Waals surface area contributed by atoms with Crippen molar-refractivity contribution in [3.8, 4) is 0 Å². The molecule has 1 aromatic carbocycles. The fourth-order valence-corrected chi connectivity index (χ4v) is 1.99. The van der Waals surface area contributed by atoms with Gasteiger partial charge in [0.1, 0.15) is 6.04 Å². The molecule has 104 valence electrons. The highest BCUT2D eigenvalue weighted by atomic mass is 79.9. The number of hydrogen-bond acceptors (Lipinski definition) is 2. The van der Waals surface area contributed by atoms with Crippen LogP contribution in [0.4, 0.5) is 10.5 Å². The molecule has 0 saturated heterocycles. The van der Waals surface area contributed by atoms with E-state index >= 15 is 0 Å². The van der Waals surface area contributed by atoms with E-state index < -0.39 is 18.0 Å². The molecule has 0 heterocycles. The van der Waals surface area contributed by atoms with Crippen molar-refractivity contribution in [2.45, 2.75) is 13.0 Å². The van der Waals surface area contributed by atoms with Gasteiger partial charge >= 0.3 is 12.0 Å². The number of carbonyl (C=O) groups excluding carboxylic acids is 1. The number of nitrogens with zero attached hydrogens (tertiary/aromatic N) is 1. The van der Waals surface area contributed by atoms with Gasteiger partial charge in [0.2, 0.25) is 0 Å². The standard InChI is InChI=1S/C11H11BrCl2N2O3/c1-5(10(17)18)16(2)11(19)15-7-4-3-6(12)8(13)9(7)14/h3-5H,1-2H3,(H,15,19)(H,17,18). The first-order valence-electron chi connectivity index (χ1n) is 5.15. The first-order valence-corrected chi connectivity index (χ1v) is 6.70. The molecule has 1 unspecified atom stereocenters. The molecule has 2 N–H and O–H groups in total. The molecule has 0 aliphatic heterocycles. The third kappa shape index (κ3) is 3.75. The van der Waals surface area contributed by atoms with Crippen LogP contribution in [0.5, 0.6) is 0 Å². The van der Waals surface area contributed by atoms with Crippen molar-refractivity contribution in [3.63, 3.8) is 0 Å². The highest BCUT2D eigenvalue weighted by Crippen LogP contribution is 2.35. The Balaban J connectivity index is 2.89. The van der Waals surface area contributed by atoms with Gasteiger partial charge in [-0.05, 0) is 35.0 Å². The fraction of sp³-hybridized carbons (Fsp3) is 0.273. The summed E-state index contributed by atoms with van der Waals surface area (Å²) in [5.74, 6) is -1.10. The Kier molecular flexibility index (Phi) is 5.46. The van der Waals surface area contributed by atoms with Crippen LogP contribution in [-0.4, -0.2) is 35.1 Å². The lowest BCUT2D eigenvalue weighted by atomic mass is 10.3. The molecule has 0 aliphatic rings. The lowest BCUT2D eigenvalue weighted by Crippen LogP contribution is -2.42. The maximum Gasteiger partial charge on any atom is 0.326 e. The summed E-state index contributed by atoms with van der Waals surface area (Å²) in [5.41, 5.74) is 0.310. The third-order valence-electron chi connectivity index (χ3n) is 2.54. The van der Waals surface area contributed by atoms with Crippen molar-refractivity contribution in [1.82, 2.24) is 4.90 Å². The van der Waals surface area contributed by atoms with Crippen LogP contribution < -0.4 is 5.32 Å². The highest BCUT2D eigenvalue weighted by molar-refractivity contribution is 9.10. The summed E-state index contributed by atoms with van der Waals surface area (Å²) in [6, 6.07) is 1.65. The second-order valence-electron chi connectivity index (χ2n) is 3.78. The van der Waals surface area contributed by atoms with Gasteiger partial charge in [0.05, 0.1) is 15.7 Å². The van der Waals surface area contributed by atoms with Crippen LogP contribution >= 0.6 is 39.1 Å². The fourth-order valence-electron chi connectivity index (χ4n) is 1.17. The minimum atomic E-state index is -1.10. The zero-order valence-corrected chi connectivity index (χ0v) is 13.2. The highest BCUT2D eigenvalue weighted by Gasteiger charge is 2.22. The second kappa shape index (κ2) is 6.45. The number of rotatable bonds is 3. The van der Waals surface area contributed by atoms with E-state index in [1.54, 1.807) is 12.1 Å². The number of aliphatic carboxylic acids is 1. The number of hydrogen-bond donors (Lipinski definition) is 2. The van der Waals surface area contributed by atoms with E-state index in [0.29, 0.717) is 10.2 Å². The van der Waals surface area contributed by atoms with Gasteiger partial charge in [-0.1, -0.05) is 23.2 Å². The van der Waals surface area contributed by atoms with E-state index in [1.165, 1.54) is 14.0 Å². The van der Waals surface area contributed by atoms with Crippen LogP contribution in [0.1, 0.15) is 6.92 Å². The third-order valence-corrected chi connectivity index (χ3v) is 4.31. The van der Waals surface area contributed by atoms with E-state index in [2.05, 4.69) is 21.2 Å². The van der Waals surface area contributed by atoms with Crippen molar-refractivity contribution in [2.24, 2.45) is 0 Å². The Bertz CT molecular complexity index is 525. The van der Waals surface area contributed by atoms with E-state index in [4.69, 9.17) is 28.3 Å². The molecular formula is C11H11BrCl2N2O3. The lowest BCUT2D eigenvalue weighted by Gasteiger charge is -2.22. The number of anilines is 1. The van der Waals surface area contributed by atoms with Gasteiger partial charge in [-0.3, -0.25) is 0 Å². The first-order chi connectivity index (χ1) is 8.75. The molecule has 1 rings (SSSR count). The van der Waals surface area contributed by atoms with Crippen LogP contribution in [0.3, 0.4) is 0 Å². The van der Waals surface area contributed by atoms with Crippen LogP contribution in [-0.2, 0) is 4.79 Å².